The minimum atomic E-state index is -1.51. The van der Waals surface area contributed by atoms with E-state index in [4.69, 9.17) is 0 Å². The predicted octanol–water partition coefficient (Wildman–Crippen LogP) is 5.72. The Labute approximate surface area is 140 Å². The SMILES string of the molecule is CC[C@H]1CC[C@H]2[C@@H]3CC(=O)C4(F)CCCC[C@]4(C)[C@H]3CC[C@]12C. The summed E-state index contributed by atoms with van der Waals surface area (Å²) in [5.74, 6) is 2.35. The van der Waals surface area contributed by atoms with Crippen molar-refractivity contribution >= 4 is 5.78 Å². The number of Topliss-reactive ketones (excluding diaryl/α,β-unsaturated/α-hetero) is 1. The van der Waals surface area contributed by atoms with Crippen molar-refractivity contribution in [2.75, 3.05) is 0 Å². The molecule has 23 heavy (non-hydrogen) atoms. The second-order valence-electron chi connectivity index (χ2n) is 9.66. The van der Waals surface area contributed by atoms with E-state index < -0.39 is 5.67 Å². The van der Waals surface area contributed by atoms with Crippen molar-refractivity contribution in [3.8, 4) is 0 Å². The van der Waals surface area contributed by atoms with Crippen LogP contribution in [0.25, 0.3) is 0 Å². The lowest BCUT2D eigenvalue weighted by atomic mass is 9.43. The van der Waals surface area contributed by atoms with E-state index in [2.05, 4.69) is 20.8 Å². The van der Waals surface area contributed by atoms with E-state index in [0.29, 0.717) is 36.0 Å². The maximum atomic E-state index is 15.8. The minimum absolute atomic E-state index is 0.0369. The molecule has 130 valence electrons. The van der Waals surface area contributed by atoms with Crippen LogP contribution in [0.5, 0.6) is 0 Å². The third-order valence-electron chi connectivity index (χ3n) is 9.18. The molecule has 0 bridgehead atoms. The quantitative estimate of drug-likeness (QED) is 0.604. The van der Waals surface area contributed by atoms with Crippen molar-refractivity contribution in [2.45, 2.75) is 90.6 Å². The van der Waals surface area contributed by atoms with Gasteiger partial charge in [0.05, 0.1) is 0 Å². The lowest BCUT2D eigenvalue weighted by Gasteiger charge is -2.61. The van der Waals surface area contributed by atoms with Gasteiger partial charge in [0.25, 0.3) is 0 Å². The average Bonchev–Trinajstić information content (AvgIpc) is 2.86. The maximum absolute atomic E-state index is 15.8. The first-order valence-electron chi connectivity index (χ1n) is 10.1. The summed E-state index contributed by atoms with van der Waals surface area (Å²) in [6.07, 6.45) is 10.2. The van der Waals surface area contributed by atoms with E-state index in [1.165, 1.54) is 25.7 Å². The zero-order valence-corrected chi connectivity index (χ0v) is 15.2. The topological polar surface area (TPSA) is 17.1 Å². The standard InChI is InChI=1S/C21H33FO/c1-4-14-7-8-16-15-13-18(23)21(22)11-6-5-10-20(21,3)17(15)9-12-19(14,16)2/h14-17H,4-13H2,1-3H3/t14-,15-,16-,17-,19+,20+,21?/m0/s1. The second kappa shape index (κ2) is 5.05. The number of carbonyl (C=O) groups excluding carboxylic acids is 1. The third-order valence-corrected chi connectivity index (χ3v) is 9.18. The molecule has 7 atom stereocenters. The van der Waals surface area contributed by atoms with E-state index in [0.717, 1.165) is 31.6 Å². The fraction of sp³-hybridized carbons (Fsp3) is 0.952. The van der Waals surface area contributed by atoms with Crippen molar-refractivity contribution < 1.29 is 9.18 Å². The van der Waals surface area contributed by atoms with Gasteiger partial charge in [0, 0.05) is 11.8 Å². The molecule has 4 aliphatic rings. The molecule has 2 heteroatoms. The van der Waals surface area contributed by atoms with Gasteiger partial charge in [0.1, 0.15) is 0 Å². The summed E-state index contributed by atoms with van der Waals surface area (Å²) in [6, 6.07) is 0. The van der Waals surface area contributed by atoms with Crippen molar-refractivity contribution in [1.29, 1.82) is 0 Å². The van der Waals surface area contributed by atoms with Gasteiger partial charge < -0.3 is 0 Å². The fourth-order valence-corrected chi connectivity index (χ4v) is 7.80. The van der Waals surface area contributed by atoms with Gasteiger partial charge in [-0.1, -0.05) is 33.6 Å². The number of ketones is 1. The molecule has 0 aromatic rings. The number of hydrogen-bond donors (Lipinski definition) is 0. The largest absolute Gasteiger partial charge is 0.296 e. The summed E-state index contributed by atoms with van der Waals surface area (Å²) < 4.78 is 15.8. The van der Waals surface area contributed by atoms with E-state index in [-0.39, 0.29) is 11.2 Å². The number of hydrogen-bond acceptors (Lipinski definition) is 1. The molecular formula is C21H33FO. The van der Waals surface area contributed by atoms with Crippen molar-refractivity contribution in [2.24, 2.45) is 34.5 Å². The van der Waals surface area contributed by atoms with Crippen LogP contribution in [0.2, 0.25) is 0 Å². The molecule has 0 heterocycles. The van der Waals surface area contributed by atoms with Crippen LogP contribution >= 0.6 is 0 Å². The Morgan fingerprint density at radius 1 is 1.04 bits per heavy atom. The Balaban J connectivity index is 1.71. The van der Waals surface area contributed by atoms with Gasteiger partial charge in [-0.05, 0) is 74.0 Å². The molecule has 4 aliphatic carbocycles. The van der Waals surface area contributed by atoms with Gasteiger partial charge >= 0.3 is 0 Å². The van der Waals surface area contributed by atoms with Crippen molar-refractivity contribution in [1.82, 2.24) is 0 Å². The molecule has 0 spiro atoms. The molecule has 1 unspecified atom stereocenters. The molecule has 4 saturated carbocycles. The van der Waals surface area contributed by atoms with E-state index in [9.17, 15) is 4.79 Å². The fourth-order valence-electron chi connectivity index (χ4n) is 7.80. The van der Waals surface area contributed by atoms with Gasteiger partial charge in [-0.15, -0.1) is 0 Å². The summed E-state index contributed by atoms with van der Waals surface area (Å²) in [5, 5.41) is 0. The van der Waals surface area contributed by atoms with Crippen LogP contribution in [0.3, 0.4) is 0 Å². The maximum Gasteiger partial charge on any atom is 0.174 e. The Kier molecular flexibility index (Phi) is 3.53. The van der Waals surface area contributed by atoms with Crippen molar-refractivity contribution in [3.05, 3.63) is 0 Å². The normalized spacial score (nSPS) is 55.9. The highest BCUT2D eigenvalue weighted by molar-refractivity contribution is 5.89. The van der Waals surface area contributed by atoms with Crippen LogP contribution < -0.4 is 0 Å². The second-order valence-corrected chi connectivity index (χ2v) is 9.66. The molecule has 1 nitrogen and oxygen atoms in total. The van der Waals surface area contributed by atoms with Gasteiger partial charge in [-0.2, -0.15) is 0 Å². The van der Waals surface area contributed by atoms with Crippen molar-refractivity contribution in [3.63, 3.8) is 0 Å². The molecule has 4 rings (SSSR count). The number of halogens is 1. The van der Waals surface area contributed by atoms with Gasteiger partial charge in [0.2, 0.25) is 0 Å². The van der Waals surface area contributed by atoms with Crippen LogP contribution in [-0.2, 0) is 4.79 Å². The molecule has 0 aromatic heterocycles. The molecule has 0 aliphatic heterocycles. The number of carbonyl (C=O) groups is 1. The van der Waals surface area contributed by atoms with Crippen LogP contribution in [-0.4, -0.2) is 11.5 Å². The monoisotopic (exact) mass is 320 g/mol. The number of rotatable bonds is 1. The molecule has 4 fully saturated rings. The Hall–Kier alpha value is -0.400. The van der Waals surface area contributed by atoms with E-state index in [1.807, 2.05) is 0 Å². The Bertz CT molecular complexity index is 516. The third kappa shape index (κ3) is 1.87. The van der Waals surface area contributed by atoms with E-state index >= 15 is 4.39 Å². The first-order valence-corrected chi connectivity index (χ1v) is 10.1. The summed E-state index contributed by atoms with van der Waals surface area (Å²) in [7, 11) is 0. The zero-order valence-electron chi connectivity index (χ0n) is 15.2. The lowest BCUT2D eigenvalue weighted by Crippen LogP contribution is -2.63. The summed E-state index contributed by atoms with van der Waals surface area (Å²) in [4.78, 5) is 12.9. The van der Waals surface area contributed by atoms with Gasteiger partial charge in [-0.3, -0.25) is 4.79 Å². The number of fused-ring (bicyclic) bond motifs is 5. The van der Waals surface area contributed by atoms with Crippen LogP contribution in [0.4, 0.5) is 4.39 Å². The average molecular weight is 320 g/mol. The highest BCUT2D eigenvalue weighted by Gasteiger charge is 2.67. The molecular weight excluding hydrogens is 287 g/mol. The first-order chi connectivity index (χ1) is 10.9. The zero-order chi connectivity index (χ0) is 16.5. The molecule has 0 aromatic carbocycles. The summed E-state index contributed by atoms with van der Waals surface area (Å²) in [5.41, 5.74) is -1.47. The molecule has 0 radical (unpaired) electrons. The predicted molar refractivity (Wildman–Crippen MR) is 90.9 cm³/mol. The lowest BCUT2D eigenvalue weighted by molar-refractivity contribution is -0.181. The minimum Gasteiger partial charge on any atom is -0.296 e. The first kappa shape index (κ1) is 16.1. The molecule has 0 amide bonds. The number of alkyl halides is 1. The summed E-state index contributed by atoms with van der Waals surface area (Å²) >= 11 is 0. The molecule has 0 saturated heterocycles. The van der Waals surface area contributed by atoms with Gasteiger partial charge in [0.15, 0.2) is 11.5 Å². The highest BCUT2D eigenvalue weighted by atomic mass is 19.1. The molecule has 0 N–H and O–H groups in total. The Morgan fingerprint density at radius 3 is 2.52 bits per heavy atom. The van der Waals surface area contributed by atoms with E-state index in [1.54, 1.807) is 0 Å². The summed E-state index contributed by atoms with van der Waals surface area (Å²) in [6.45, 7) is 6.95. The highest BCUT2D eigenvalue weighted by Crippen LogP contribution is 2.68. The van der Waals surface area contributed by atoms with Crippen LogP contribution in [0.1, 0.15) is 85.0 Å². The Morgan fingerprint density at radius 2 is 1.78 bits per heavy atom. The smallest absolute Gasteiger partial charge is 0.174 e. The van der Waals surface area contributed by atoms with Crippen LogP contribution in [0, 0.1) is 34.5 Å². The van der Waals surface area contributed by atoms with Gasteiger partial charge in [-0.25, -0.2) is 4.39 Å². The van der Waals surface area contributed by atoms with Crippen LogP contribution in [0.15, 0.2) is 0 Å².